The quantitative estimate of drug-likeness (QED) is 0.724. The topological polar surface area (TPSA) is 32.8 Å². The zero-order chi connectivity index (χ0) is 10.5. The molecule has 0 N–H and O–H groups in total. The van der Waals surface area contributed by atoms with E-state index < -0.39 is 0 Å². The van der Waals surface area contributed by atoms with Gasteiger partial charge in [0.2, 0.25) is 0 Å². The van der Waals surface area contributed by atoms with E-state index in [2.05, 4.69) is 4.98 Å². The number of benzene rings is 1. The molecule has 15 heavy (non-hydrogen) atoms. The van der Waals surface area contributed by atoms with Gasteiger partial charge in [0.25, 0.3) is 0 Å². The molecule has 73 valence electrons. The van der Waals surface area contributed by atoms with Crippen molar-refractivity contribution in [2.45, 2.75) is 0 Å². The summed E-state index contributed by atoms with van der Waals surface area (Å²) in [6.45, 7) is 0. The zero-order valence-corrected chi connectivity index (χ0v) is 8.13. The smallest absolute Gasteiger partial charge is 0.178 e. The van der Waals surface area contributed by atoms with Gasteiger partial charge in [0, 0.05) is 12.4 Å². The fraction of sp³-hybridized carbons (Fsp3) is 0. The molecule has 0 atom stereocenters. The highest BCUT2D eigenvalue weighted by Gasteiger charge is 1.89. The van der Waals surface area contributed by atoms with Crippen LogP contribution in [0.2, 0.25) is 0 Å². The van der Waals surface area contributed by atoms with Crippen molar-refractivity contribution in [3.63, 3.8) is 0 Å². The molecule has 1 aromatic carbocycles. The van der Waals surface area contributed by atoms with Crippen molar-refractivity contribution >= 4 is 12.2 Å². The predicted octanol–water partition coefficient (Wildman–Crippen LogP) is 3.40. The van der Waals surface area contributed by atoms with Crippen LogP contribution < -0.4 is 0 Å². The second-order valence-electron chi connectivity index (χ2n) is 3.18. The van der Waals surface area contributed by atoms with Crippen LogP contribution in [0.15, 0.2) is 48.8 Å². The molecule has 0 aliphatic rings. The zero-order valence-electron chi connectivity index (χ0n) is 8.13. The molecule has 1 radical (unpaired) electrons. The summed E-state index contributed by atoms with van der Waals surface area (Å²) in [5.74, 6) is 0.0380. The molecule has 0 amide bonds. The van der Waals surface area contributed by atoms with Crippen LogP contribution in [0.5, 0.6) is 5.75 Å². The highest BCUT2D eigenvalue weighted by atomic mass is 16.3. The van der Waals surface area contributed by atoms with Crippen LogP contribution in [0, 0.1) is 0 Å². The number of rotatable bonds is 2. The molecule has 0 aliphatic heterocycles. The lowest BCUT2D eigenvalue weighted by Gasteiger charge is -1.93. The molecule has 0 saturated carbocycles. The molecule has 0 bridgehead atoms. The van der Waals surface area contributed by atoms with Gasteiger partial charge in [0.1, 0.15) is 0 Å². The largest absolute Gasteiger partial charge is 0.290 e. The van der Waals surface area contributed by atoms with Gasteiger partial charge in [0.15, 0.2) is 5.75 Å². The second-order valence-corrected chi connectivity index (χ2v) is 3.18. The molecule has 2 rings (SSSR count). The monoisotopic (exact) mass is 196 g/mol. The van der Waals surface area contributed by atoms with E-state index in [4.69, 9.17) is 0 Å². The van der Waals surface area contributed by atoms with E-state index in [1.54, 1.807) is 36.7 Å². The Morgan fingerprint density at radius 1 is 0.800 bits per heavy atom. The number of hydrogen-bond donors (Lipinski definition) is 0. The van der Waals surface area contributed by atoms with Crippen LogP contribution in [0.3, 0.4) is 0 Å². The minimum absolute atomic E-state index is 0.0380. The Morgan fingerprint density at radius 3 is 1.93 bits per heavy atom. The van der Waals surface area contributed by atoms with Crippen molar-refractivity contribution < 1.29 is 5.11 Å². The summed E-state index contributed by atoms with van der Waals surface area (Å²) in [7, 11) is 0. The lowest BCUT2D eigenvalue weighted by atomic mass is 10.1. The number of aromatic nitrogens is 1. The highest BCUT2D eigenvalue weighted by Crippen LogP contribution is 2.12. The molecule has 1 heterocycles. The number of hydrogen-bond acceptors (Lipinski definition) is 1. The van der Waals surface area contributed by atoms with Crippen LogP contribution in [-0.2, 0) is 5.11 Å². The summed E-state index contributed by atoms with van der Waals surface area (Å²) in [5, 5.41) is 10.9. The molecule has 2 aromatic rings. The van der Waals surface area contributed by atoms with Crippen molar-refractivity contribution in [3.8, 4) is 5.75 Å². The normalized spacial score (nSPS) is 10.7. The molecule has 1 aromatic heterocycles. The SMILES string of the molecule is [O]c1ccc(/C=C/c2ccncc2)cc1. The molecule has 2 nitrogen and oxygen atoms in total. The molecule has 2 heteroatoms. The Hall–Kier alpha value is -2.09. The minimum atomic E-state index is 0.0380. The molecule has 0 spiro atoms. The van der Waals surface area contributed by atoms with Crippen LogP contribution in [0.1, 0.15) is 11.1 Å². The van der Waals surface area contributed by atoms with E-state index >= 15 is 0 Å². The summed E-state index contributed by atoms with van der Waals surface area (Å²) in [6, 6.07) is 10.6. The Kier molecular flexibility index (Phi) is 2.79. The predicted molar refractivity (Wildman–Crippen MR) is 59.7 cm³/mol. The molecule has 0 fully saturated rings. The van der Waals surface area contributed by atoms with Crippen molar-refractivity contribution in [2.75, 3.05) is 0 Å². The van der Waals surface area contributed by atoms with Gasteiger partial charge in [0.05, 0.1) is 0 Å². The average Bonchev–Trinajstić information content (AvgIpc) is 2.30. The lowest BCUT2D eigenvalue weighted by molar-refractivity contribution is 0.355. The maximum absolute atomic E-state index is 10.9. The van der Waals surface area contributed by atoms with Crippen LogP contribution in [0.25, 0.3) is 12.2 Å². The van der Waals surface area contributed by atoms with Gasteiger partial charge < -0.3 is 0 Å². The maximum Gasteiger partial charge on any atom is 0.178 e. The van der Waals surface area contributed by atoms with E-state index in [-0.39, 0.29) is 5.75 Å². The molecular weight excluding hydrogens is 186 g/mol. The van der Waals surface area contributed by atoms with Gasteiger partial charge in [-0.1, -0.05) is 24.3 Å². The first kappa shape index (κ1) is 9.46. The number of pyridine rings is 1. The molecule has 0 unspecified atom stereocenters. The van der Waals surface area contributed by atoms with Gasteiger partial charge in [-0.05, 0) is 35.4 Å². The first-order chi connectivity index (χ1) is 7.34. The highest BCUT2D eigenvalue weighted by molar-refractivity contribution is 5.69. The van der Waals surface area contributed by atoms with E-state index in [1.165, 1.54) is 0 Å². The van der Waals surface area contributed by atoms with Crippen molar-refractivity contribution in [2.24, 2.45) is 0 Å². The Balaban J connectivity index is 2.15. The Bertz CT molecular complexity index is 446. The van der Waals surface area contributed by atoms with Crippen molar-refractivity contribution in [1.82, 2.24) is 4.98 Å². The second kappa shape index (κ2) is 4.42. The standard InChI is InChI=1S/C13H10NO/c15-13-5-3-11(4-6-13)1-2-12-7-9-14-10-8-12/h1-10H/b2-1+. The third-order valence-corrected chi connectivity index (χ3v) is 2.05. The Morgan fingerprint density at radius 2 is 1.33 bits per heavy atom. The van der Waals surface area contributed by atoms with E-state index in [9.17, 15) is 5.11 Å². The van der Waals surface area contributed by atoms with Gasteiger partial charge in [-0.3, -0.25) is 10.1 Å². The number of nitrogens with zero attached hydrogens (tertiary/aromatic N) is 1. The maximum atomic E-state index is 10.9. The third kappa shape index (κ3) is 2.68. The van der Waals surface area contributed by atoms with Gasteiger partial charge >= 0.3 is 0 Å². The molecule has 0 saturated heterocycles. The lowest BCUT2D eigenvalue weighted by Crippen LogP contribution is -1.73. The summed E-state index contributed by atoms with van der Waals surface area (Å²) >= 11 is 0. The van der Waals surface area contributed by atoms with Crippen molar-refractivity contribution in [3.05, 3.63) is 59.9 Å². The van der Waals surface area contributed by atoms with Crippen LogP contribution in [0.4, 0.5) is 0 Å². The van der Waals surface area contributed by atoms with E-state index in [1.807, 2.05) is 24.3 Å². The van der Waals surface area contributed by atoms with Gasteiger partial charge in [-0.15, -0.1) is 0 Å². The Labute approximate surface area is 88.5 Å². The molecule has 0 aliphatic carbocycles. The first-order valence-corrected chi connectivity index (χ1v) is 4.70. The minimum Gasteiger partial charge on any atom is -0.290 e. The van der Waals surface area contributed by atoms with Crippen molar-refractivity contribution in [1.29, 1.82) is 0 Å². The summed E-state index contributed by atoms with van der Waals surface area (Å²) in [5.41, 5.74) is 2.11. The fourth-order valence-electron chi connectivity index (χ4n) is 1.25. The average molecular weight is 196 g/mol. The first-order valence-electron chi connectivity index (χ1n) is 4.70. The van der Waals surface area contributed by atoms with Crippen LogP contribution >= 0.6 is 0 Å². The van der Waals surface area contributed by atoms with Gasteiger partial charge in [-0.25, -0.2) is 0 Å². The van der Waals surface area contributed by atoms with E-state index in [0.29, 0.717) is 0 Å². The fourth-order valence-corrected chi connectivity index (χ4v) is 1.25. The van der Waals surface area contributed by atoms with E-state index in [0.717, 1.165) is 11.1 Å². The summed E-state index contributed by atoms with van der Waals surface area (Å²) in [4.78, 5) is 3.94. The summed E-state index contributed by atoms with van der Waals surface area (Å²) < 4.78 is 0. The molecular formula is C13H10NO. The summed E-state index contributed by atoms with van der Waals surface area (Å²) in [6.07, 6.45) is 7.46. The van der Waals surface area contributed by atoms with Gasteiger partial charge in [-0.2, -0.15) is 0 Å². The van der Waals surface area contributed by atoms with Crippen LogP contribution in [-0.4, -0.2) is 4.98 Å². The third-order valence-electron chi connectivity index (χ3n) is 2.05.